The highest BCUT2D eigenvalue weighted by Crippen LogP contribution is 2.19. The Morgan fingerprint density at radius 3 is 2.62 bits per heavy atom. The lowest BCUT2D eigenvalue weighted by Gasteiger charge is -2.24. The van der Waals surface area contributed by atoms with Crippen molar-refractivity contribution in [2.75, 3.05) is 13.2 Å². The highest BCUT2D eigenvalue weighted by molar-refractivity contribution is 7.88. The quantitative estimate of drug-likeness (QED) is 0.642. The molecule has 0 spiro atoms. The highest BCUT2D eigenvalue weighted by Gasteiger charge is 2.28. The number of para-hydroxylation sites is 1. The molecule has 1 unspecified atom stereocenters. The van der Waals surface area contributed by atoms with Crippen molar-refractivity contribution in [3.63, 3.8) is 0 Å². The third-order valence-electron chi connectivity index (χ3n) is 5.00. The predicted molar refractivity (Wildman–Crippen MR) is 111 cm³/mol. The number of hydrogen-bond acceptors (Lipinski definition) is 5. The first-order valence-electron chi connectivity index (χ1n) is 9.62. The molecule has 0 amide bonds. The fourth-order valence-electron chi connectivity index (χ4n) is 3.54. The van der Waals surface area contributed by atoms with Gasteiger partial charge in [0.2, 0.25) is 10.0 Å². The van der Waals surface area contributed by atoms with E-state index in [-0.39, 0.29) is 30.5 Å². The standard InChI is InChI=1S/C21H23N3O4S/c25-21-18-10-4-5-11-19(18)22-20(23-21)14-24(13-17-9-6-12-28-17)29(26,27)15-16-7-2-1-3-8-16/h1-5,7-8,10-11,17H,6,9,12-15H2,(H,22,23,25). The van der Waals surface area contributed by atoms with E-state index in [4.69, 9.17) is 4.74 Å². The summed E-state index contributed by atoms with van der Waals surface area (Å²) in [6.45, 7) is 0.878. The SMILES string of the molecule is O=c1[nH]c(CN(CC2CCCO2)S(=O)(=O)Cc2ccccc2)nc2ccccc12. The molecule has 1 aliphatic rings. The van der Waals surface area contributed by atoms with E-state index in [1.54, 1.807) is 36.4 Å². The average Bonchev–Trinajstić information content (AvgIpc) is 3.21. The maximum Gasteiger partial charge on any atom is 0.258 e. The number of benzene rings is 2. The number of ether oxygens (including phenoxy) is 1. The second-order valence-electron chi connectivity index (χ2n) is 7.20. The monoisotopic (exact) mass is 413 g/mol. The molecule has 0 aliphatic carbocycles. The van der Waals surface area contributed by atoms with Crippen LogP contribution in [0.3, 0.4) is 0 Å². The van der Waals surface area contributed by atoms with Gasteiger partial charge in [0, 0.05) is 13.2 Å². The van der Waals surface area contributed by atoms with Crippen LogP contribution in [0.15, 0.2) is 59.4 Å². The van der Waals surface area contributed by atoms with Gasteiger partial charge >= 0.3 is 0 Å². The van der Waals surface area contributed by atoms with Gasteiger partial charge in [0.1, 0.15) is 5.82 Å². The molecule has 152 valence electrons. The second kappa shape index (κ2) is 8.44. The third-order valence-corrected chi connectivity index (χ3v) is 6.77. The largest absolute Gasteiger partial charge is 0.377 e. The summed E-state index contributed by atoms with van der Waals surface area (Å²) in [5, 5.41) is 0.481. The molecule has 1 atom stereocenters. The molecule has 4 rings (SSSR count). The summed E-state index contributed by atoms with van der Waals surface area (Å²) in [6, 6.07) is 16.1. The van der Waals surface area contributed by atoms with Crippen LogP contribution in [0.1, 0.15) is 24.2 Å². The molecule has 1 aliphatic heterocycles. The Labute approximate surface area is 169 Å². The predicted octanol–water partition coefficient (Wildman–Crippen LogP) is 2.43. The van der Waals surface area contributed by atoms with Crippen LogP contribution in [0.5, 0.6) is 0 Å². The average molecular weight is 413 g/mol. The first-order chi connectivity index (χ1) is 14.0. The molecule has 7 nitrogen and oxygen atoms in total. The summed E-state index contributed by atoms with van der Waals surface area (Å²) in [5.41, 5.74) is 0.983. The molecule has 29 heavy (non-hydrogen) atoms. The van der Waals surface area contributed by atoms with Crippen molar-refractivity contribution in [2.45, 2.75) is 31.2 Å². The van der Waals surface area contributed by atoms with Crippen molar-refractivity contribution in [1.29, 1.82) is 0 Å². The van der Waals surface area contributed by atoms with Crippen LogP contribution in [-0.4, -0.2) is 41.9 Å². The fraction of sp³-hybridized carbons (Fsp3) is 0.333. The van der Waals surface area contributed by atoms with Crippen molar-refractivity contribution >= 4 is 20.9 Å². The molecule has 1 fully saturated rings. The van der Waals surface area contributed by atoms with E-state index >= 15 is 0 Å². The topological polar surface area (TPSA) is 92.4 Å². The molecule has 1 aromatic heterocycles. The van der Waals surface area contributed by atoms with Crippen LogP contribution in [-0.2, 0) is 27.1 Å². The second-order valence-corrected chi connectivity index (χ2v) is 9.17. The third kappa shape index (κ3) is 4.72. The van der Waals surface area contributed by atoms with Crippen LogP contribution in [0.25, 0.3) is 10.9 Å². The molecular weight excluding hydrogens is 390 g/mol. The number of H-pyrrole nitrogens is 1. The fourth-order valence-corrected chi connectivity index (χ4v) is 5.05. The van der Waals surface area contributed by atoms with Crippen LogP contribution in [0, 0.1) is 0 Å². The molecule has 2 aromatic carbocycles. The maximum absolute atomic E-state index is 13.2. The molecule has 1 N–H and O–H groups in total. The van der Waals surface area contributed by atoms with Gasteiger partial charge in [0.25, 0.3) is 5.56 Å². The number of sulfonamides is 1. The first-order valence-corrected chi connectivity index (χ1v) is 11.2. The van der Waals surface area contributed by atoms with Crippen LogP contribution in [0.4, 0.5) is 0 Å². The Kier molecular flexibility index (Phi) is 5.75. The molecule has 2 heterocycles. The number of hydrogen-bond donors (Lipinski definition) is 1. The lowest BCUT2D eigenvalue weighted by atomic mass is 10.2. The maximum atomic E-state index is 13.2. The van der Waals surface area contributed by atoms with E-state index in [1.807, 2.05) is 18.2 Å². The minimum atomic E-state index is -3.64. The Hall–Kier alpha value is -2.55. The lowest BCUT2D eigenvalue weighted by Crippen LogP contribution is -2.38. The van der Waals surface area contributed by atoms with Gasteiger partial charge in [-0.3, -0.25) is 4.79 Å². The minimum Gasteiger partial charge on any atom is -0.377 e. The van der Waals surface area contributed by atoms with Gasteiger partial charge < -0.3 is 9.72 Å². The number of aromatic nitrogens is 2. The lowest BCUT2D eigenvalue weighted by molar-refractivity contribution is 0.0921. The van der Waals surface area contributed by atoms with Gasteiger partial charge in [-0.15, -0.1) is 0 Å². The Morgan fingerprint density at radius 1 is 1.10 bits per heavy atom. The van der Waals surface area contributed by atoms with E-state index in [0.29, 0.717) is 28.9 Å². The van der Waals surface area contributed by atoms with Crippen molar-refractivity contribution in [2.24, 2.45) is 0 Å². The van der Waals surface area contributed by atoms with Gasteiger partial charge in [-0.1, -0.05) is 42.5 Å². The summed E-state index contributed by atoms with van der Waals surface area (Å²) in [5.74, 6) is 0.210. The summed E-state index contributed by atoms with van der Waals surface area (Å²) in [7, 11) is -3.64. The summed E-state index contributed by atoms with van der Waals surface area (Å²) in [6.07, 6.45) is 1.59. The molecule has 0 saturated carbocycles. The van der Waals surface area contributed by atoms with Crippen LogP contribution >= 0.6 is 0 Å². The van der Waals surface area contributed by atoms with Crippen LogP contribution in [0.2, 0.25) is 0 Å². The van der Waals surface area contributed by atoms with Gasteiger partial charge in [0.15, 0.2) is 0 Å². The van der Waals surface area contributed by atoms with Crippen LogP contribution < -0.4 is 5.56 Å². The van der Waals surface area contributed by atoms with E-state index in [1.165, 1.54) is 4.31 Å². The first kappa shape index (κ1) is 19.8. The van der Waals surface area contributed by atoms with Crippen molar-refractivity contribution in [1.82, 2.24) is 14.3 Å². The van der Waals surface area contributed by atoms with Crippen molar-refractivity contribution < 1.29 is 13.2 Å². The smallest absolute Gasteiger partial charge is 0.258 e. The zero-order chi connectivity index (χ0) is 20.3. The molecule has 0 radical (unpaired) electrons. The van der Waals surface area contributed by atoms with E-state index in [0.717, 1.165) is 12.8 Å². The Bertz CT molecular complexity index is 1140. The van der Waals surface area contributed by atoms with Gasteiger partial charge in [-0.25, -0.2) is 13.4 Å². The number of aromatic amines is 1. The van der Waals surface area contributed by atoms with Gasteiger partial charge in [0.05, 0.1) is 29.3 Å². The van der Waals surface area contributed by atoms with Crippen molar-refractivity contribution in [3.05, 3.63) is 76.3 Å². The Morgan fingerprint density at radius 2 is 1.86 bits per heavy atom. The number of nitrogens with zero attached hydrogens (tertiary/aromatic N) is 2. The summed E-state index contributed by atoms with van der Waals surface area (Å²) < 4.78 is 33.4. The van der Waals surface area contributed by atoms with Crippen molar-refractivity contribution in [3.8, 4) is 0 Å². The van der Waals surface area contributed by atoms with E-state index in [2.05, 4.69) is 9.97 Å². The number of fused-ring (bicyclic) bond motifs is 1. The zero-order valence-corrected chi connectivity index (χ0v) is 16.8. The number of nitrogens with one attached hydrogen (secondary N) is 1. The summed E-state index contributed by atoms with van der Waals surface area (Å²) in [4.78, 5) is 19.6. The molecule has 8 heteroatoms. The molecule has 0 bridgehead atoms. The van der Waals surface area contributed by atoms with E-state index in [9.17, 15) is 13.2 Å². The van der Waals surface area contributed by atoms with Gasteiger partial charge in [-0.2, -0.15) is 4.31 Å². The normalized spacial score (nSPS) is 17.2. The summed E-state index contributed by atoms with van der Waals surface area (Å²) >= 11 is 0. The molecule has 1 saturated heterocycles. The zero-order valence-electron chi connectivity index (χ0n) is 16.0. The molecule has 3 aromatic rings. The Balaban J connectivity index is 1.64. The van der Waals surface area contributed by atoms with E-state index < -0.39 is 10.0 Å². The highest BCUT2D eigenvalue weighted by atomic mass is 32.2. The van der Waals surface area contributed by atoms with Gasteiger partial charge in [-0.05, 0) is 30.5 Å². The minimum absolute atomic E-state index is 0.00486. The molecular formula is C21H23N3O4S. The number of rotatable bonds is 7.